The van der Waals surface area contributed by atoms with Crippen molar-refractivity contribution in [1.29, 1.82) is 0 Å². The smallest absolute Gasteiger partial charge is 0.253 e. The zero-order chi connectivity index (χ0) is 23.1. The van der Waals surface area contributed by atoms with Crippen LogP contribution < -0.4 is 10.2 Å². The molecule has 0 fully saturated rings. The first-order chi connectivity index (χ1) is 16.7. The maximum Gasteiger partial charge on any atom is 0.253 e. The normalized spacial score (nSPS) is 16.9. The minimum atomic E-state index is -0.383. The second-order valence-corrected chi connectivity index (χ2v) is 8.65. The lowest BCUT2D eigenvalue weighted by atomic mass is 9.89. The average Bonchev–Trinajstić information content (AvgIpc) is 3.35. The van der Waals surface area contributed by atoms with E-state index >= 15 is 0 Å². The van der Waals surface area contributed by atoms with Gasteiger partial charge in [-0.2, -0.15) is 0 Å². The number of benzene rings is 2. The molecule has 2 aliphatic heterocycles. The summed E-state index contributed by atoms with van der Waals surface area (Å²) in [5.74, 6) is 0.296. The van der Waals surface area contributed by atoms with E-state index in [-0.39, 0.29) is 17.6 Å². The number of hydrogen-bond donors (Lipinski definition) is 1. The summed E-state index contributed by atoms with van der Waals surface area (Å²) in [4.78, 5) is 28.4. The quantitative estimate of drug-likeness (QED) is 0.505. The van der Waals surface area contributed by atoms with Gasteiger partial charge >= 0.3 is 0 Å². The molecule has 1 unspecified atom stereocenters. The van der Waals surface area contributed by atoms with E-state index in [0.29, 0.717) is 37.3 Å². The standard InChI is InChI=1S/C26H22FN5O2/c27-19-6-5-16-8-28-10-22(21(16)7-19)26(33)29-9-18-12-32(11-17-3-1-2-4-20(17)18)25-23-13-34-14-24(23)30-15-31-25/h1-8,10,15,18H,9,11-14H2,(H,29,33). The van der Waals surface area contributed by atoms with Crippen molar-refractivity contribution in [1.82, 2.24) is 20.3 Å². The lowest BCUT2D eigenvalue weighted by Gasteiger charge is -2.36. The van der Waals surface area contributed by atoms with Gasteiger partial charge in [-0.05, 0) is 29.3 Å². The fourth-order valence-corrected chi connectivity index (χ4v) is 4.91. The SMILES string of the molecule is O=C(NCC1CN(c2ncnc3c2COC3)Cc2ccccc21)c1cncc2ccc(F)cc12. The van der Waals surface area contributed by atoms with E-state index in [2.05, 4.69) is 37.3 Å². The Balaban J connectivity index is 1.27. The van der Waals surface area contributed by atoms with E-state index in [1.807, 2.05) is 12.1 Å². The van der Waals surface area contributed by atoms with Crippen molar-refractivity contribution in [3.63, 3.8) is 0 Å². The minimum Gasteiger partial charge on any atom is -0.370 e. The van der Waals surface area contributed by atoms with Crippen LogP contribution in [0.25, 0.3) is 10.8 Å². The molecule has 0 aliphatic carbocycles. The number of nitrogens with zero attached hydrogens (tertiary/aromatic N) is 4. The second-order valence-electron chi connectivity index (χ2n) is 8.65. The van der Waals surface area contributed by atoms with Crippen LogP contribution in [0.4, 0.5) is 10.2 Å². The van der Waals surface area contributed by atoms with E-state index < -0.39 is 0 Å². The van der Waals surface area contributed by atoms with Gasteiger partial charge in [0.25, 0.3) is 5.91 Å². The van der Waals surface area contributed by atoms with Crippen LogP contribution in [0.2, 0.25) is 0 Å². The predicted molar refractivity (Wildman–Crippen MR) is 125 cm³/mol. The number of aromatic nitrogens is 3. The molecule has 0 bridgehead atoms. The van der Waals surface area contributed by atoms with Crippen LogP contribution in [0.5, 0.6) is 0 Å². The first kappa shape index (κ1) is 20.7. The summed E-state index contributed by atoms with van der Waals surface area (Å²) in [5.41, 5.74) is 4.75. The third-order valence-corrected chi connectivity index (χ3v) is 6.57. The molecule has 4 aromatic rings. The molecule has 170 valence electrons. The Bertz CT molecular complexity index is 1410. The van der Waals surface area contributed by atoms with Gasteiger partial charge in [0, 0.05) is 54.3 Å². The van der Waals surface area contributed by atoms with E-state index in [0.717, 1.165) is 29.0 Å². The molecular weight excluding hydrogens is 433 g/mol. The van der Waals surface area contributed by atoms with Gasteiger partial charge in [0.1, 0.15) is 18.0 Å². The number of fused-ring (bicyclic) bond motifs is 3. The highest BCUT2D eigenvalue weighted by molar-refractivity contribution is 6.06. The fraction of sp³-hybridized carbons (Fsp3) is 0.231. The van der Waals surface area contributed by atoms with E-state index in [1.54, 1.807) is 18.6 Å². The van der Waals surface area contributed by atoms with E-state index in [1.165, 1.54) is 29.5 Å². The number of pyridine rings is 1. The number of carbonyl (C=O) groups excluding carboxylic acids is 1. The highest BCUT2D eigenvalue weighted by Gasteiger charge is 2.29. The molecule has 2 aromatic heterocycles. The zero-order valence-corrected chi connectivity index (χ0v) is 18.4. The number of hydrogen-bond acceptors (Lipinski definition) is 6. The summed E-state index contributed by atoms with van der Waals surface area (Å²) in [5, 5.41) is 4.34. The van der Waals surface area contributed by atoms with Crippen molar-refractivity contribution < 1.29 is 13.9 Å². The Labute approximate surface area is 195 Å². The monoisotopic (exact) mass is 455 g/mol. The molecule has 34 heavy (non-hydrogen) atoms. The summed E-state index contributed by atoms with van der Waals surface area (Å²) < 4.78 is 19.4. The molecule has 0 spiro atoms. The molecule has 1 amide bonds. The average molecular weight is 455 g/mol. The fourth-order valence-electron chi connectivity index (χ4n) is 4.91. The highest BCUT2D eigenvalue weighted by atomic mass is 19.1. The van der Waals surface area contributed by atoms with Crippen LogP contribution in [0, 0.1) is 5.82 Å². The lowest BCUT2D eigenvalue weighted by molar-refractivity contribution is 0.0952. The van der Waals surface area contributed by atoms with Crippen LogP contribution in [-0.2, 0) is 24.5 Å². The van der Waals surface area contributed by atoms with Crippen molar-refractivity contribution in [2.45, 2.75) is 25.7 Å². The molecule has 4 heterocycles. The Morgan fingerprint density at radius 1 is 1.15 bits per heavy atom. The second kappa shape index (κ2) is 8.46. The maximum atomic E-state index is 13.8. The van der Waals surface area contributed by atoms with Gasteiger partial charge in [-0.3, -0.25) is 9.78 Å². The van der Waals surface area contributed by atoms with E-state index in [4.69, 9.17) is 4.74 Å². The highest BCUT2D eigenvalue weighted by Crippen LogP contribution is 2.34. The molecule has 7 nitrogen and oxygen atoms in total. The Kier molecular flexibility index (Phi) is 5.15. The number of halogens is 1. The van der Waals surface area contributed by atoms with Crippen LogP contribution in [-0.4, -0.2) is 33.9 Å². The molecule has 2 aromatic carbocycles. The van der Waals surface area contributed by atoms with Crippen molar-refractivity contribution in [2.24, 2.45) is 0 Å². The lowest BCUT2D eigenvalue weighted by Crippen LogP contribution is -2.40. The molecule has 1 atom stereocenters. The van der Waals surface area contributed by atoms with Gasteiger partial charge in [0.05, 0.1) is 24.5 Å². The largest absolute Gasteiger partial charge is 0.370 e. The number of anilines is 1. The molecule has 8 heteroatoms. The van der Waals surface area contributed by atoms with Crippen molar-refractivity contribution in [3.8, 4) is 0 Å². The van der Waals surface area contributed by atoms with Crippen molar-refractivity contribution in [2.75, 3.05) is 18.0 Å². The van der Waals surface area contributed by atoms with E-state index in [9.17, 15) is 9.18 Å². The third kappa shape index (κ3) is 3.66. The Hall–Kier alpha value is -3.91. The molecule has 0 saturated carbocycles. The van der Waals surface area contributed by atoms with Gasteiger partial charge in [-0.25, -0.2) is 14.4 Å². The zero-order valence-electron chi connectivity index (χ0n) is 18.4. The maximum absolute atomic E-state index is 13.8. The van der Waals surface area contributed by atoms with Gasteiger partial charge in [-0.1, -0.05) is 24.3 Å². The molecular formula is C26H22FN5O2. The minimum absolute atomic E-state index is 0.0570. The van der Waals surface area contributed by atoms with Gasteiger partial charge in [-0.15, -0.1) is 0 Å². The third-order valence-electron chi connectivity index (χ3n) is 6.57. The van der Waals surface area contributed by atoms with Gasteiger partial charge in [0.15, 0.2) is 0 Å². The number of carbonyl (C=O) groups is 1. The summed E-state index contributed by atoms with van der Waals surface area (Å²) in [6.07, 6.45) is 4.71. The first-order valence-electron chi connectivity index (χ1n) is 11.2. The van der Waals surface area contributed by atoms with Gasteiger partial charge in [0.2, 0.25) is 0 Å². The number of amides is 1. The summed E-state index contributed by atoms with van der Waals surface area (Å²) in [6.45, 7) is 2.88. The van der Waals surface area contributed by atoms with Crippen LogP contribution in [0.1, 0.15) is 38.7 Å². The molecule has 0 radical (unpaired) electrons. The predicted octanol–water partition coefficient (Wildman–Crippen LogP) is 3.73. The van der Waals surface area contributed by atoms with Crippen LogP contribution in [0.3, 0.4) is 0 Å². The molecule has 1 N–H and O–H groups in total. The van der Waals surface area contributed by atoms with Crippen LogP contribution in [0.15, 0.2) is 61.2 Å². The van der Waals surface area contributed by atoms with Crippen LogP contribution >= 0.6 is 0 Å². The first-order valence-corrected chi connectivity index (χ1v) is 11.2. The number of rotatable bonds is 4. The van der Waals surface area contributed by atoms with Crippen molar-refractivity contribution in [3.05, 3.63) is 95.0 Å². The molecule has 6 rings (SSSR count). The Morgan fingerprint density at radius 3 is 3.00 bits per heavy atom. The van der Waals surface area contributed by atoms with Crippen molar-refractivity contribution >= 4 is 22.5 Å². The molecule has 2 aliphatic rings. The Morgan fingerprint density at radius 2 is 2.06 bits per heavy atom. The number of nitrogens with one attached hydrogen (secondary N) is 1. The topological polar surface area (TPSA) is 80.2 Å². The molecule has 0 saturated heterocycles. The summed E-state index contributed by atoms with van der Waals surface area (Å²) in [6, 6.07) is 12.7. The number of ether oxygens (including phenoxy) is 1. The summed E-state index contributed by atoms with van der Waals surface area (Å²) in [7, 11) is 0. The summed E-state index contributed by atoms with van der Waals surface area (Å²) >= 11 is 0. The van der Waals surface area contributed by atoms with Gasteiger partial charge < -0.3 is 15.0 Å².